The van der Waals surface area contributed by atoms with Crippen molar-refractivity contribution in [2.75, 3.05) is 6.61 Å². The molecule has 1 aromatic heterocycles. The number of nitrogens with zero attached hydrogens (tertiary/aromatic N) is 1. The van der Waals surface area contributed by atoms with Crippen LogP contribution >= 0.6 is 0 Å². The molecule has 5 heteroatoms. The molecule has 0 bridgehead atoms. The number of oxazole rings is 1. The van der Waals surface area contributed by atoms with Crippen molar-refractivity contribution in [3.63, 3.8) is 0 Å². The molecule has 0 spiro atoms. The molecule has 0 amide bonds. The van der Waals surface area contributed by atoms with E-state index in [4.69, 9.17) is 13.9 Å². The summed E-state index contributed by atoms with van der Waals surface area (Å²) in [7, 11) is 0. The molecule has 2 heterocycles. The second-order valence-electron chi connectivity index (χ2n) is 3.73. The molecule has 0 aromatic carbocycles. The molecule has 1 N–H and O–H groups in total. The third-order valence-electron chi connectivity index (χ3n) is 2.14. The van der Waals surface area contributed by atoms with Crippen LogP contribution in [-0.4, -0.2) is 28.6 Å². The first-order valence-electron chi connectivity index (χ1n) is 4.46. The van der Waals surface area contributed by atoms with Gasteiger partial charge in [0.25, 0.3) is 0 Å². The summed E-state index contributed by atoms with van der Waals surface area (Å²) in [6.45, 7) is 3.98. The van der Waals surface area contributed by atoms with Crippen molar-refractivity contribution in [2.24, 2.45) is 0 Å². The van der Waals surface area contributed by atoms with Crippen LogP contribution in [-0.2, 0) is 9.47 Å². The van der Waals surface area contributed by atoms with Crippen molar-refractivity contribution in [2.45, 2.75) is 31.8 Å². The van der Waals surface area contributed by atoms with Gasteiger partial charge in [0, 0.05) is 0 Å². The zero-order valence-electron chi connectivity index (χ0n) is 8.14. The topological polar surface area (TPSA) is 64.7 Å². The number of hydrogen-bond donors (Lipinski definition) is 1. The van der Waals surface area contributed by atoms with Crippen LogP contribution in [0.15, 0.2) is 17.1 Å². The van der Waals surface area contributed by atoms with Crippen molar-refractivity contribution in [3.05, 3.63) is 18.4 Å². The predicted molar refractivity (Wildman–Crippen MR) is 46.4 cm³/mol. The van der Waals surface area contributed by atoms with E-state index in [1.54, 1.807) is 0 Å². The molecule has 0 saturated carbocycles. The third kappa shape index (κ3) is 1.79. The highest BCUT2D eigenvalue weighted by molar-refractivity contribution is 5.00. The van der Waals surface area contributed by atoms with E-state index in [9.17, 15) is 5.11 Å². The summed E-state index contributed by atoms with van der Waals surface area (Å²) in [4.78, 5) is 3.86. The number of aromatic nitrogens is 1. The van der Waals surface area contributed by atoms with Crippen LogP contribution in [0.5, 0.6) is 0 Å². The monoisotopic (exact) mass is 199 g/mol. The quantitative estimate of drug-likeness (QED) is 0.765. The molecule has 1 saturated heterocycles. The van der Waals surface area contributed by atoms with Crippen LogP contribution < -0.4 is 0 Å². The molecule has 5 nitrogen and oxygen atoms in total. The van der Waals surface area contributed by atoms with E-state index in [-0.39, 0.29) is 6.10 Å². The van der Waals surface area contributed by atoms with Gasteiger partial charge in [-0.15, -0.1) is 0 Å². The summed E-state index contributed by atoms with van der Waals surface area (Å²) in [5.41, 5.74) is 0.469. The van der Waals surface area contributed by atoms with Crippen molar-refractivity contribution in [1.82, 2.24) is 4.98 Å². The summed E-state index contributed by atoms with van der Waals surface area (Å²) in [5.74, 6) is -0.630. The lowest BCUT2D eigenvalue weighted by Crippen LogP contribution is -2.25. The second-order valence-corrected chi connectivity index (χ2v) is 3.73. The first kappa shape index (κ1) is 9.64. The van der Waals surface area contributed by atoms with Crippen molar-refractivity contribution in [3.8, 4) is 0 Å². The highest BCUT2D eigenvalue weighted by Crippen LogP contribution is 2.29. The van der Waals surface area contributed by atoms with Gasteiger partial charge >= 0.3 is 0 Å². The maximum Gasteiger partial charge on any atom is 0.180 e. The van der Waals surface area contributed by atoms with Crippen molar-refractivity contribution < 1.29 is 19.0 Å². The average Bonchev–Trinajstić information content (AvgIpc) is 2.72. The summed E-state index contributed by atoms with van der Waals surface area (Å²) in [6, 6.07) is 0. The summed E-state index contributed by atoms with van der Waals surface area (Å²) < 4.78 is 15.6. The highest BCUT2D eigenvalue weighted by Gasteiger charge is 2.38. The number of ether oxygens (including phenoxy) is 2. The van der Waals surface area contributed by atoms with Gasteiger partial charge in [-0.05, 0) is 13.8 Å². The minimum Gasteiger partial charge on any atom is -0.451 e. The largest absolute Gasteiger partial charge is 0.451 e. The summed E-state index contributed by atoms with van der Waals surface area (Å²) in [5, 5.41) is 9.81. The molecule has 1 fully saturated rings. The second kappa shape index (κ2) is 3.34. The molecule has 1 aromatic rings. The Morgan fingerprint density at radius 2 is 2.43 bits per heavy atom. The normalized spacial score (nSPS) is 27.8. The van der Waals surface area contributed by atoms with Gasteiger partial charge in [-0.3, -0.25) is 0 Å². The average molecular weight is 199 g/mol. The third-order valence-corrected chi connectivity index (χ3v) is 2.14. The first-order valence-corrected chi connectivity index (χ1v) is 4.46. The summed E-state index contributed by atoms with van der Waals surface area (Å²) in [6.07, 6.45) is 1.50. The molecule has 14 heavy (non-hydrogen) atoms. The van der Waals surface area contributed by atoms with Crippen LogP contribution in [0.1, 0.15) is 25.6 Å². The standard InChI is InChI=1S/C9H13NO4/c1-9(2)13-4-7(14-9)8(11)6-3-12-5-10-6/h3,5,7-8,11H,4H2,1-2H3/t7-,8-/m1/s1. The number of hydrogen-bond acceptors (Lipinski definition) is 5. The van der Waals surface area contributed by atoms with Gasteiger partial charge in [-0.2, -0.15) is 0 Å². The van der Waals surface area contributed by atoms with Crippen LogP contribution in [0.3, 0.4) is 0 Å². The van der Waals surface area contributed by atoms with Crippen LogP contribution in [0.4, 0.5) is 0 Å². The van der Waals surface area contributed by atoms with Crippen LogP contribution in [0.25, 0.3) is 0 Å². The first-order chi connectivity index (χ1) is 6.58. The molecular weight excluding hydrogens is 186 g/mol. The zero-order chi connectivity index (χ0) is 10.2. The molecule has 0 aliphatic carbocycles. The van der Waals surface area contributed by atoms with Crippen molar-refractivity contribution in [1.29, 1.82) is 0 Å². The lowest BCUT2D eigenvalue weighted by Gasteiger charge is -2.19. The molecular formula is C9H13NO4. The maximum atomic E-state index is 9.81. The van der Waals surface area contributed by atoms with E-state index in [2.05, 4.69) is 4.98 Å². The molecule has 1 aliphatic heterocycles. The van der Waals surface area contributed by atoms with Gasteiger partial charge in [-0.1, -0.05) is 0 Å². The molecule has 2 atom stereocenters. The summed E-state index contributed by atoms with van der Waals surface area (Å²) >= 11 is 0. The van der Waals surface area contributed by atoms with Crippen LogP contribution in [0.2, 0.25) is 0 Å². The van der Waals surface area contributed by atoms with E-state index in [0.29, 0.717) is 12.3 Å². The minimum absolute atomic E-state index is 0.362. The number of aliphatic hydroxyl groups is 1. The molecule has 78 valence electrons. The number of aliphatic hydroxyl groups excluding tert-OH is 1. The Hall–Kier alpha value is -0.910. The highest BCUT2D eigenvalue weighted by atomic mass is 16.7. The minimum atomic E-state index is -0.796. The fourth-order valence-corrected chi connectivity index (χ4v) is 1.43. The maximum absolute atomic E-state index is 9.81. The van der Waals surface area contributed by atoms with E-state index < -0.39 is 11.9 Å². The Balaban J connectivity index is 2.04. The fraction of sp³-hybridized carbons (Fsp3) is 0.667. The lowest BCUT2D eigenvalue weighted by molar-refractivity contribution is -0.151. The smallest absolute Gasteiger partial charge is 0.180 e. The van der Waals surface area contributed by atoms with Gasteiger partial charge in [0.2, 0.25) is 0 Å². The Morgan fingerprint density at radius 1 is 1.64 bits per heavy atom. The van der Waals surface area contributed by atoms with Gasteiger partial charge in [-0.25, -0.2) is 4.98 Å². The molecule has 1 aliphatic rings. The molecule has 0 unspecified atom stereocenters. The Labute approximate surface area is 81.7 Å². The zero-order valence-corrected chi connectivity index (χ0v) is 8.14. The Morgan fingerprint density at radius 3 is 2.93 bits per heavy atom. The van der Waals surface area contributed by atoms with Crippen molar-refractivity contribution >= 4 is 0 Å². The fourth-order valence-electron chi connectivity index (χ4n) is 1.43. The number of rotatable bonds is 2. The van der Waals surface area contributed by atoms with E-state index >= 15 is 0 Å². The van der Waals surface area contributed by atoms with Gasteiger partial charge in [0.05, 0.1) is 6.61 Å². The molecule has 0 radical (unpaired) electrons. The van der Waals surface area contributed by atoms with E-state index in [1.165, 1.54) is 12.7 Å². The van der Waals surface area contributed by atoms with E-state index in [1.807, 2.05) is 13.8 Å². The lowest BCUT2D eigenvalue weighted by atomic mass is 10.2. The SMILES string of the molecule is CC1(C)OC[C@H]([C@H](O)c2cocn2)O1. The Kier molecular flexibility index (Phi) is 2.30. The molecule has 2 rings (SSSR count). The Bertz CT molecular complexity index is 296. The van der Waals surface area contributed by atoms with Crippen LogP contribution in [0, 0.1) is 0 Å². The van der Waals surface area contributed by atoms with E-state index in [0.717, 1.165) is 0 Å². The van der Waals surface area contributed by atoms with Gasteiger partial charge in [0.1, 0.15) is 24.2 Å². The van der Waals surface area contributed by atoms with Gasteiger partial charge < -0.3 is 19.0 Å². The predicted octanol–water partition coefficient (Wildman–Crippen LogP) is 0.859. The van der Waals surface area contributed by atoms with Gasteiger partial charge in [0.15, 0.2) is 12.2 Å².